The summed E-state index contributed by atoms with van der Waals surface area (Å²) in [6.07, 6.45) is 0. The minimum Gasteiger partial charge on any atom is -0.465 e. The predicted octanol–water partition coefficient (Wildman–Crippen LogP) is 3.42. The number of nitrogens with two attached hydrogens (primary N) is 1. The molecule has 2 N–H and O–H groups in total. The summed E-state index contributed by atoms with van der Waals surface area (Å²) < 4.78 is 19.6. The highest BCUT2D eigenvalue weighted by atomic mass is 19.1. The van der Waals surface area contributed by atoms with Crippen LogP contribution in [0.4, 0.5) is 4.39 Å². The molecule has 0 aliphatic heterocycles. The molecule has 20 heavy (non-hydrogen) atoms. The van der Waals surface area contributed by atoms with Crippen molar-refractivity contribution < 1.29 is 8.81 Å². The van der Waals surface area contributed by atoms with Crippen molar-refractivity contribution in [3.05, 3.63) is 59.3 Å². The SMILES string of the molecule is Cc1ccc(C(CN)N(C)C(C)c2ccccc2F)o1. The fraction of sp³-hybridized carbons (Fsp3) is 0.375. The van der Waals surface area contributed by atoms with E-state index >= 15 is 0 Å². The van der Waals surface area contributed by atoms with Crippen LogP contribution in [0.1, 0.15) is 36.1 Å². The third-order valence-electron chi connectivity index (χ3n) is 3.77. The molecule has 108 valence electrons. The molecule has 0 saturated carbocycles. The van der Waals surface area contributed by atoms with Gasteiger partial charge in [-0.2, -0.15) is 0 Å². The molecule has 2 aromatic rings. The van der Waals surface area contributed by atoms with Gasteiger partial charge < -0.3 is 10.2 Å². The minimum atomic E-state index is -0.196. The Hall–Kier alpha value is -1.65. The third kappa shape index (κ3) is 2.92. The Balaban J connectivity index is 2.24. The molecule has 2 atom stereocenters. The summed E-state index contributed by atoms with van der Waals surface area (Å²) in [5.74, 6) is 1.47. The standard InChI is InChI=1S/C16H21FN2O/c1-11-8-9-16(20-11)15(10-18)19(3)12(2)13-6-4-5-7-14(13)17/h4-9,12,15H,10,18H2,1-3H3. The molecule has 1 aromatic heterocycles. The van der Waals surface area contributed by atoms with E-state index in [0.29, 0.717) is 12.1 Å². The fourth-order valence-electron chi connectivity index (χ4n) is 2.42. The van der Waals surface area contributed by atoms with E-state index in [-0.39, 0.29) is 17.9 Å². The zero-order valence-electron chi connectivity index (χ0n) is 12.1. The molecule has 4 heteroatoms. The van der Waals surface area contributed by atoms with E-state index in [4.69, 9.17) is 10.2 Å². The van der Waals surface area contributed by atoms with Gasteiger partial charge in [0.1, 0.15) is 17.3 Å². The Morgan fingerprint density at radius 3 is 2.50 bits per heavy atom. The van der Waals surface area contributed by atoms with Gasteiger partial charge in [-0.05, 0) is 39.1 Å². The first kappa shape index (κ1) is 14.8. The molecule has 0 spiro atoms. The maximum atomic E-state index is 13.9. The van der Waals surface area contributed by atoms with E-state index in [9.17, 15) is 4.39 Å². The Morgan fingerprint density at radius 1 is 1.25 bits per heavy atom. The Kier molecular flexibility index (Phi) is 4.57. The topological polar surface area (TPSA) is 42.4 Å². The summed E-state index contributed by atoms with van der Waals surface area (Å²) in [4.78, 5) is 2.04. The lowest BCUT2D eigenvalue weighted by Gasteiger charge is -2.31. The van der Waals surface area contributed by atoms with Crippen molar-refractivity contribution in [3.8, 4) is 0 Å². The first-order valence-corrected chi connectivity index (χ1v) is 6.77. The summed E-state index contributed by atoms with van der Waals surface area (Å²) in [6.45, 7) is 4.29. The van der Waals surface area contributed by atoms with Gasteiger partial charge in [-0.25, -0.2) is 4.39 Å². The van der Waals surface area contributed by atoms with E-state index in [1.54, 1.807) is 12.1 Å². The molecule has 0 amide bonds. The number of halogens is 1. The summed E-state index contributed by atoms with van der Waals surface area (Å²) in [5, 5.41) is 0. The van der Waals surface area contributed by atoms with Crippen molar-refractivity contribution in [2.75, 3.05) is 13.6 Å². The van der Waals surface area contributed by atoms with Crippen molar-refractivity contribution in [2.45, 2.75) is 25.9 Å². The quantitative estimate of drug-likeness (QED) is 0.910. The van der Waals surface area contributed by atoms with Crippen LogP contribution in [0.3, 0.4) is 0 Å². The fourth-order valence-corrected chi connectivity index (χ4v) is 2.42. The van der Waals surface area contributed by atoms with Gasteiger partial charge >= 0.3 is 0 Å². The van der Waals surface area contributed by atoms with E-state index in [1.807, 2.05) is 44.0 Å². The number of benzene rings is 1. The van der Waals surface area contributed by atoms with Gasteiger partial charge in [-0.3, -0.25) is 4.90 Å². The number of aryl methyl sites for hydroxylation is 1. The molecule has 0 fully saturated rings. The van der Waals surface area contributed by atoms with Gasteiger partial charge in [0.05, 0.1) is 6.04 Å². The molecule has 3 nitrogen and oxygen atoms in total. The van der Waals surface area contributed by atoms with Gasteiger partial charge in [-0.1, -0.05) is 18.2 Å². The van der Waals surface area contributed by atoms with Crippen LogP contribution in [0.25, 0.3) is 0 Å². The second kappa shape index (κ2) is 6.20. The predicted molar refractivity (Wildman–Crippen MR) is 77.8 cm³/mol. The third-order valence-corrected chi connectivity index (χ3v) is 3.77. The van der Waals surface area contributed by atoms with Crippen LogP contribution in [0.5, 0.6) is 0 Å². The molecule has 0 bridgehead atoms. The van der Waals surface area contributed by atoms with Crippen LogP contribution in [0.15, 0.2) is 40.8 Å². The summed E-state index contributed by atoms with van der Waals surface area (Å²) in [7, 11) is 1.94. The van der Waals surface area contributed by atoms with E-state index in [2.05, 4.69) is 0 Å². The lowest BCUT2D eigenvalue weighted by molar-refractivity contribution is 0.165. The van der Waals surface area contributed by atoms with Crippen LogP contribution >= 0.6 is 0 Å². The monoisotopic (exact) mass is 276 g/mol. The molecule has 0 aliphatic carbocycles. The summed E-state index contributed by atoms with van der Waals surface area (Å²) >= 11 is 0. The lowest BCUT2D eigenvalue weighted by Crippen LogP contribution is -2.32. The summed E-state index contributed by atoms with van der Waals surface area (Å²) in [5.41, 5.74) is 6.54. The van der Waals surface area contributed by atoms with E-state index < -0.39 is 0 Å². The normalized spacial score (nSPS) is 14.5. The van der Waals surface area contributed by atoms with Crippen LogP contribution in [-0.4, -0.2) is 18.5 Å². The number of rotatable bonds is 5. The molecular formula is C16H21FN2O. The Morgan fingerprint density at radius 2 is 1.95 bits per heavy atom. The number of hydrogen-bond acceptors (Lipinski definition) is 3. The number of furan rings is 1. The maximum Gasteiger partial charge on any atom is 0.127 e. The van der Waals surface area contributed by atoms with E-state index in [1.165, 1.54) is 6.07 Å². The average molecular weight is 276 g/mol. The number of hydrogen-bond donors (Lipinski definition) is 1. The van der Waals surface area contributed by atoms with Crippen molar-refractivity contribution in [1.82, 2.24) is 4.90 Å². The lowest BCUT2D eigenvalue weighted by atomic mass is 10.0. The van der Waals surface area contributed by atoms with Crippen LogP contribution in [-0.2, 0) is 0 Å². The number of likely N-dealkylation sites (N-methyl/N-ethyl adjacent to an activating group) is 1. The molecular weight excluding hydrogens is 255 g/mol. The van der Waals surface area contributed by atoms with Crippen molar-refractivity contribution in [3.63, 3.8) is 0 Å². The van der Waals surface area contributed by atoms with Crippen LogP contribution in [0, 0.1) is 12.7 Å². The molecule has 0 aliphatic rings. The van der Waals surface area contributed by atoms with Gasteiger partial charge in [0.25, 0.3) is 0 Å². The van der Waals surface area contributed by atoms with Crippen LogP contribution in [0.2, 0.25) is 0 Å². The minimum absolute atomic E-state index is 0.0710. The maximum absolute atomic E-state index is 13.9. The average Bonchev–Trinajstić information content (AvgIpc) is 2.85. The number of nitrogens with zero attached hydrogens (tertiary/aromatic N) is 1. The smallest absolute Gasteiger partial charge is 0.127 e. The zero-order chi connectivity index (χ0) is 14.7. The van der Waals surface area contributed by atoms with Gasteiger partial charge in [0.2, 0.25) is 0 Å². The van der Waals surface area contributed by atoms with Gasteiger partial charge in [-0.15, -0.1) is 0 Å². The molecule has 1 heterocycles. The molecule has 0 saturated heterocycles. The largest absolute Gasteiger partial charge is 0.465 e. The van der Waals surface area contributed by atoms with Gasteiger partial charge in [0, 0.05) is 18.2 Å². The first-order chi connectivity index (χ1) is 9.54. The van der Waals surface area contributed by atoms with Crippen molar-refractivity contribution >= 4 is 0 Å². The van der Waals surface area contributed by atoms with Crippen molar-refractivity contribution in [1.29, 1.82) is 0 Å². The highest BCUT2D eigenvalue weighted by Crippen LogP contribution is 2.30. The second-order valence-corrected chi connectivity index (χ2v) is 5.06. The van der Waals surface area contributed by atoms with Gasteiger partial charge in [0.15, 0.2) is 0 Å². The Bertz CT molecular complexity index is 567. The molecule has 0 radical (unpaired) electrons. The zero-order valence-corrected chi connectivity index (χ0v) is 12.1. The Labute approximate surface area is 119 Å². The highest BCUT2D eigenvalue weighted by Gasteiger charge is 2.25. The highest BCUT2D eigenvalue weighted by molar-refractivity contribution is 5.21. The van der Waals surface area contributed by atoms with E-state index in [0.717, 1.165) is 11.5 Å². The molecule has 2 rings (SSSR count). The van der Waals surface area contributed by atoms with Crippen molar-refractivity contribution in [2.24, 2.45) is 5.73 Å². The molecule has 2 unspecified atom stereocenters. The summed E-state index contributed by atoms with van der Waals surface area (Å²) in [6, 6.07) is 10.5. The first-order valence-electron chi connectivity index (χ1n) is 6.77. The second-order valence-electron chi connectivity index (χ2n) is 5.06. The molecule has 1 aromatic carbocycles. The van der Waals surface area contributed by atoms with Crippen LogP contribution < -0.4 is 5.73 Å².